The molecule has 0 fully saturated rings. The average Bonchev–Trinajstić information content (AvgIpc) is 2.47. The fraction of sp³-hybridized carbons (Fsp3) is 0.250. The van der Waals surface area contributed by atoms with Crippen molar-refractivity contribution in [3.8, 4) is 0 Å². The molecule has 7 heteroatoms. The van der Waals surface area contributed by atoms with Crippen LogP contribution in [0.5, 0.6) is 0 Å². The SMILES string of the molecule is Cc1ncc(C(=O)Nc2cccc(NC(=O)CN(C)C)c2)cn1. The van der Waals surface area contributed by atoms with E-state index in [1.54, 1.807) is 36.1 Å². The van der Waals surface area contributed by atoms with Gasteiger partial charge in [-0.25, -0.2) is 9.97 Å². The van der Waals surface area contributed by atoms with Gasteiger partial charge < -0.3 is 15.5 Å². The van der Waals surface area contributed by atoms with E-state index in [2.05, 4.69) is 20.6 Å². The maximum atomic E-state index is 12.1. The molecule has 2 amide bonds. The standard InChI is InChI=1S/C16H19N5O2/c1-11-17-8-12(9-18-11)16(23)20-14-6-4-5-13(7-14)19-15(22)10-21(2)3/h4-9H,10H2,1-3H3,(H,19,22)(H,20,23). The van der Waals surface area contributed by atoms with Gasteiger partial charge in [-0.1, -0.05) is 6.07 Å². The molecule has 1 heterocycles. The largest absolute Gasteiger partial charge is 0.325 e. The lowest BCUT2D eigenvalue weighted by Gasteiger charge is -2.11. The molecule has 2 aromatic rings. The van der Waals surface area contributed by atoms with Crippen molar-refractivity contribution in [1.29, 1.82) is 0 Å². The molecule has 0 bridgehead atoms. The molecule has 1 aromatic heterocycles. The number of nitrogens with one attached hydrogen (secondary N) is 2. The van der Waals surface area contributed by atoms with Crippen LogP contribution in [0.15, 0.2) is 36.7 Å². The minimum absolute atomic E-state index is 0.120. The molecule has 120 valence electrons. The fourth-order valence-electron chi connectivity index (χ4n) is 1.88. The zero-order valence-corrected chi connectivity index (χ0v) is 13.3. The van der Waals surface area contributed by atoms with Gasteiger partial charge in [-0.3, -0.25) is 9.59 Å². The lowest BCUT2D eigenvalue weighted by molar-refractivity contribution is -0.116. The number of nitrogens with zero attached hydrogens (tertiary/aromatic N) is 3. The van der Waals surface area contributed by atoms with Crippen molar-refractivity contribution < 1.29 is 9.59 Å². The smallest absolute Gasteiger partial charge is 0.258 e. The first-order valence-electron chi connectivity index (χ1n) is 7.08. The van der Waals surface area contributed by atoms with Gasteiger partial charge in [-0.2, -0.15) is 0 Å². The Hall–Kier alpha value is -2.80. The van der Waals surface area contributed by atoms with E-state index in [9.17, 15) is 9.59 Å². The van der Waals surface area contributed by atoms with E-state index in [1.165, 1.54) is 12.4 Å². The molecule has 0 aliphatic rings. The Morgan fingerprint density at radius 3 is 2.30 bits per heavy atom. The minimum Gasteiger partial charge on any atom is -0.325 e. The van der Waals surface area contributed by atoms with Gasteiger partial charge in [0.2, 0.25) is 5.91 Å². The second-order valence-corrected chi connectivity index (χ2v) is 5.34. The number of carbonyl (C=O) groups is 2. The summed E-state index contributed by atoms with van der Waals surface area (Å²) in [4.78, 5) is 33.6. The number of likely N-dealkylation sites (N-methyl/N-ethyl adjacent to an activating group) is 1. The number of hydrogen-bond donors (Lipinski definition) is 2. The van der Waals surface area contributed by atoms with Crippen LogP contribution in [-0.4, -0.2) is 47.3 Å². The lowest BCUT2D eigenvalue weighted by Crippen LogP contribution is -2.27. The predicted molar refractivity (Wildman–Crippen MR) is 88.3 cm³/mol. The summed E-state index contributed by atoms with van der Waals surface area (Å²) in [6, 6.07) is 6.96. The van der Waals surface area contributed by atoms with E-state index < -0.39 is 0 Å². The Bertz CT molecular complexity index is 698. The van der Waals surface area contributed by atoms with Crippen molar-refractivity contribution in [2.45, 2.75) is 6.92 Å². The number of carbonyl (C=O) groups excluding carboxylic acids is 2. The van der Waals surface area contributed by atoms with Crippen LogP contribution in [0.1, 0.15) is 16.2 Å². The van der Waals surface area contributed by atoms with Gasteiger partial charge >= 0.3 is 0 Å². The van der Waals surface area contributed by atoms with Crippen LogP contribution in [0.25, 0.3) is 0 Å². The third kappa shape index (κ3) is 5.15. The van der Waals surface area contributed by atoms with Crippen molar-refractivity contribution in [3.63, 3.8) is 0 Å². The number of hydrogen-bond acceptors (Lipinski definition) is 5. The molecule has 0 spiro atoms. The number of anilines is 2. The van der Waals surface area contributed by atoms with E-state index in [0.29, 0.717) is 22.8 Å². The number of benzene rings is 1. The second kappa shape index (κ2) is 7.46. The highest BCUT2D eigenvalue weighted by Gasteiger charge is 2.08. The zero-order valence-electron chi connectivity index (χ0n) is 13.3. The highest BCUT2D eigenvalue weighted by Crippen LogP contribution is 2.16. The molecule has 0 unspecified atom stereocenters. The zero-order chi connectivity index (χ0) is 16.8. The summed E-state index contributed by atoms with van der Waals surface area (Å²) in [5.41, 5.74) is 1.57. The molecule has 2 N–H and O–H groups in total. The van der Waals surface area contributed by atoms with Crippen LogP contribution >= 0.6 is 0 Å². The Balaban J connectivity index is 2.03. The van der Waals surface area contributed by atoms with Crippen molar-refractivity contribution >= 4 is 23.2 Å². The summed E-state index contributed by atoms with van der Waals surface area (Å²) < 4.78 is 0. The van der Waals surface area contributed by atoms with Crippen LogP contribution in [-0.2, 0) is 4.79 Å². The Kier molecular flexibility index (Phi) is 5.37. The maximum Gasteiger partial charge on any atom is 0.258 e. The first-order chi connectivity index (χ1) is 10.9. The highest BCUT2D eigenvalue weighted by molar-refractivity contribution is 6.04. The molecule has 0 saturated carbocycles. The predicted octanol–water partition coefficient (Wildman–Crippen LogP) is 1.54. The van der Waals surface area contributed by atoms with Gasteiger partial charge in [0.1, 0.15) is 5.82 Å². The molecular weight excluding hydrogens is 294 g/mol. The molecule has 2 rings (SSSR count). The topological polar surface area (TPSA) is 87.2 Å². The van der Waals surface area contributed by atoms with Gasteiger partial charge in [0, 0.05) is 23.8 Å². The Labute approximate surface area is 134 Å². The van der Waals surface area contributed by atoms with Crippen LogP contribution in [0.2, 0.25) is 0 Å². The number of amides is 2. The van der Waals surface area contributed by atoms with E-state index in [0.717, 1.165) is 0 Å². The van der Waals surface area contributed by atoms with E-state index in [-0.39, 0.29) is 18.4 Å². The van der Waals surface area contributed by atoms with E-state index >= 15 is 0 Å². The molecule has 0 radical (unpaired) electrons. The highest BCUT2D eigenvalue weighted by atomic mass is 16.2. The fourth-order valence-corrected chi connectivity index (χ4v) is 1.88. The quantitative estimate of drug-likeness (QED) is 0.874. The molecule has 0 aliphatic carbocycles. The second-order valence-electron chi connectivity index (χ2n) is 5.34. The third-order valence-corrected chi connectivity index (χ3v) is 2.91. The van der Waals surface area contributed by atoms with Crippen LogP contribution in [0.3, 0.4) is 0 Å². The monoisotopic (exact) mass is 313 g/mol. The molecular formula is C16H19N5O2. The Morgan fingerprint density at radius 1 is 1.09 bits per heavy atom. The first-order valence-corrected chi connectivity index (χ1v) is 7.08. The van der Waals surface area contributed by atoms with Crippen molar-refractivity contribution in [3.05, 3.63) is 48.0 Å². The maximum absolute atomic E-state index is 12.1. The molecule has 0 saturated heterocycles. The summed E-state index contributed by atoms with van der Waals surface area (Å²) in [6.07, 6.45) is 2.95. The van der Waals surface area contributed by atoms with Crippen LogP contribution in [0, 0.1) is 6.92 Å². The normalized spacial score (nSPS) is 10.4. The number of aryl methyl sites for hydroxylation is 1. The molecule has 0 aliphatic heterocycles. The molecule has 7 nitrogen and oxygen atoms in total. The van der Waals surface area contributed by atoms with E-state index in [1.807, 2.05) is 14.1 Å². The summed E-state index contributed by atoms with van der Waals surface area (Å²) in [7, 11) is 3.64. The van der Waals surface area contributed by atoms with Crippen LogP contribution < -0.4 is 10.6 Å². The van der Waals surface area contributed by atoms with E-state index in [4.69, 9.17) is 0 Å². The van der Waals surface area contributed by atoms with Crippen molar-refractivity contribution in [2.75, 3.05) is 31.3 Å². The molecule has 0 atom stereocenters. The minimum atomic E-state index is -0.304. The Morgan fingerprint density at radius 2 is 1.70 bits per heavy atom. The third-order valence-electron chi connectivity index (χ3n) is 2.91. The average molecular weight is 313 g/mol. The molecule has 23 heavy (non-hydrogen) atoms. The lowest BCUT2D eigenvalue weighted by atomic mass is 10.2. The van der Waals surface area contributed by atoms with Crippen molar-refractivity contribution in [1.82, 2.24) is 14.9 Å². The van der Waals surface area contributed by atoms with Gasteiger partial charge in [0.05, 0.1) is 12.1 Å². The summed E-state index contributed by atoms with van der Waals surface area (Å²) in [6.45, 7) is 2.04. The van der Waals surface area contributed by atoms with Gasteiger partial charge in [0.15, 0.2) is 0 Å². The molecule has 1 aromatic carbocycles. The summed E-state index contributed by atoms with van der Waals surface area (Å²) >= 11 is 0. The number of aromatic nitrogens is 2. The van der Waals surface area contributed by atoms with Gasteiger partial charge in [0.25, 0.3) is 5.91 Å². The van der Waals surface area contributed by atoms with Gasteiger partial charge in [-0.05, 0) is 39.2 Å². The number of rotatable bonds is 5. The summed E-state index contributed by atoms with van der Waals surface area (Å²) in [5, 5.41) is 5.53. The van der Waals surface area contributed by atoms with Gasteiger partial charge in [-0.15, -0.1) is 0 Å². The first kappa shape index (κ1) is 16.6. The van der Waals surface area contributed by atoms with Crippen molar-refractivity contribution in [2.24, 2.45) is 0 Å². The summed E-state index contributed by atoms with van der Waals surface area (Å²) in [5.74, 6) is 0.180. The van der Waals surface area contributed by atoms with Crippen LogP contribution in [0.4, 0.5) is 11.4 Å².